The molecule has 3 aromatic rings. The van der Waals surface area contributed by atoms with Gasteiger partial charge in [-0.05, 0) is 48.9 Å². The first kappa shape index (κ1) is 18.3. The second kappa shape index (κ2) is 7.60. The molecule has 1 aliphatic carbocycles. The molecule has 6 heteroatoms. The number of allylic oxidation sites excluding steroid dienone is 1. The van der Waals surface area contributed by atoms with E-state index in [1.807, 2.05) is 54.6 Å². The average molecular weight is 398 g/mol. The summed E-state index contributed by atoms with van der Waals surface area (Å²) in [6, 6.07) is 20.1. The van der Waals surface area contributed by atoms with Crippen LogP contribution in [0.25, 0.3) is 11.3 Å². The van der Waals surface area contributed by atoms with Crippen LogP contribution in [0.1, 0.15) is 42.7 Å². The highest BCUT2D eigenvalue weighted by Gasteiger charge is 2.35. The van der Waals surface area contributed by atoms with Gasteiger partial charge in [0.2, 0.25) is 11.8 Å². The minimum absolute atomic E-state index is 0.0863. The molecule has 1 atom stereocenters. The molecule has 2 aliphatic rings. The zero-order valence-electron chi connectivity index (χ0n) is 16.5. The third kappa shape index (κ3) is 3.18. The van der Waals surface area contributed by atoms with Crippen molar-refractivity contribution in [2.24, 2.45) is 5.73 Å². The fourth-order valence-corrected chi connectivity index (χ4v) is 4.37. The quantitative estimate of drug-likeness (QED) is 0.668. The molecular formula is C24H22N4O2. The lowest BCUT2D eigenvalue weighted by Crippen LogP contribution is -2.21. The van der Waals surface area contributed by atoms with Crippen molar-refractivity contribution in [3.05, 3.63) is 77.2 Å². The number of fused-ring (bicyclic) bond motifs is 1. The van der Waals surface area contributed by atoms with E-state index in [0.29, 0.717) is 11.5 Å². The molecule has 0 unspecified atom stereocenters. The first-order valence-corrected chi connectivity index (χ1v) is 10.2. The molecule has 1 saturated carbocycles. The van der Waals surface area contributed by atoms with E-state index in [1.165, 1.54) is 12.8 Å². The monoisotopic (exact) mass is 398 g/mol. The summed E-state index contributed by atoms with van der Waals surface area (Å²) >= 11 is 0. The van der Waals surface area contributed by atoms with Gasteiger partial charge in [-0.1, -0.05) is 42.5 Å². The van der Waals surface area contributed by atoms with Crippen molar-refractivity contribution in [1.29, 1.82) is 5.26 Å². The predicted octanol–water partition coefficient (Wildman–Crippen LogP) is 4.62. The number of H-pyrrole nitrogens is 1. The molecule has 0 saturated heterocycles. The fraction of sp³-hybridized carbons (Fsp3) is 0.250. The van der Waals surface area contributed by atoms with E-state index in [4.69, 9.17) is 15.2 Å². The van der Waals surface area contributed by atoms with Gasteiger partial charge in [-0.15, -0.1) is 5.10 Å². The number of nitrogens with two attached hydrogens (primary N) is 1. The van der Waals surface area contributed by atoms with Gasteiger partial charge in [-0.3, -0.25) is 5.10 Å². The molecule has 6 nitrogen and oxygen atoms in total. The van der Waals surface area contributed by atoms with E-state index < -0.39 is 0 Å². The number of ether oxygens (including phenoxy) is 2. The van der Waals surface area contributed by atoms with Crippen LogP contribution in [-0.4, -0.2) is 16.3 Å². The van der Waals surface area contributed by atoms with Crippen molar-refractivity contribution < 1.29 is 9.47 Å². The Bertz CT molecular complexity index is 1140. The first-order valence-electron chi connectivity index (χ1n) is 10.2. The zero-order chi connectivity index (χ0) is 20.5. The molecule has 0 bridgehead atoms. The molecule has 1 aromatic heterocycles. The number of nitrogens with zero attached hydrogens (tertiary/aromatic N) is 2. The summed E-state index contributed by atoms with van der Waals surface area (Å²) in [6.45, 7) is 0. The Balaban J connectivity index is 1.61. The van der Waals surface area contributed by atoms with Crippen molar-refractivity contribution >= 4 is 0 Å². The number of aromatic amines is 1. The molecule has 1 aliphatic heterocycles. The number of aromatic nitrogens is 2. The van der Waals surface area contributed by atoms with Crippen molar-refractivity contribution in [2.75, 3.05) is 0 Å². The Morgan fingerprint density at radius 3 is 2.67 bits per heavy atom. The van der Waals surface area contributed by atoms with E-state index >= 15 is 0 Å². The highest BCUT2D eigenvalue weighted by atomic mass is 16.5. The summed E-state index contributed by atoms with van der Waals surface area (Å²) in [7, 11) is 0. The van der Waals surface area contributed by atoms with Crippen LogP contribution in [0.3, 0.4) is 0 Å². The van der Waals surface area contributed by atoms with Crippen molar-refractivity contribution in [2.45, 2.75) is 37.7 Å². The predicted molar refractivity (Wildman–Crippen MR) is 113 cm³/mol. The fourth-order valence-electron chi connectivity index (χ4n) is 4.37. The van der Waals surface area contributed by atoms with E-state index in [-0.39, 0.29) is 17.9 Å². The van der Waals surface area contributed by atoms with Crippen LogP contribution in [0.4, 0.5) is 0 Å². The van der Waals surface area contributed by atoms with Gasteiger partial charge in [0.1, 0.15) is 17.4 Å². The highest BCUT2D eigenvalue weighted by Crippen LogP contribution is 2.46. The second-order valence-corrected chi connectivity index (χ2v) is 7.71. The molecule has 0 spiro atoms. The summed E-state index contributed by atoms with van der Waals surface area (Å²) in [5.41, 5.74) is 9.99. The van der Waals surface area contributed by atoms with Gasteiger partial charge in [0.25, 0.3) is 0 Å². The van der Waals surface area contributed by atoms with Crippen LogP contribution < -0.4 is 15.2 Å². The molecule has 150 valence electrons. The Morgan fingerprint density at radius 1 is 1.10 bits per heavy atom. The molecule has 2 aromatic carbocycles. The minimum atomic E-state index is -0.389. The summed E-state index contributed by atoms with van der Waals surface area (Å²) in [5, 5.41) is 17.3. The smallest absolute Gasteiger partial charge is 0.244 e. The number of hydrogen-bond donors (Lipinski definition) is 2. The number of rotatable bonds is 4. The van der Waals surface area contributed by atoms with Crippen LogP contribution >= 0.6 is 0 Å². The molecule has 1 fully saturated rings. The summed E-state index contributed by atoms with van der Waals surface area (Å²) in [5.74, 6) is 0.911. The molecule has 0 amide bonds. The maximum Gasteiger partial charge on any atom is 0.244 e. The van der Waals surface area contributed by atoms with Crippen LogP contribution in [0, 0.1) is 11.3 Å². The molecular weight excluding hydrogens is 376 g/mol. The number of hydrogen-bond acceptors (Lipinski definition) is 5. The van der Waals surface area contributed by atoms with Gasteiger partial charge in [0.05, 0.1) is 23.3 Å². The van der Waals surface area contributed by atoms with Crippen LogP contribution in [0.5, 0.6) is 11.6 Å². The van der Waals surface area contributed by atoms with E-state index in [0.717, 1.165) is 41.0 Å². The van der Waals surface area contributed by atoms with E-state index in [9.17, 15) is 5.26 Å². The maximum atomic E-state index is 9.89. The van der Waals surface area contributed by atoms with Crippen LogP contribution in [-0.2, 0) is 0 Å². The van der Waals surface area contributed by atoms with Gasteiger partial charge in [-0.25, -0.2) is 0 Å². The SMILES string of the molecule is N#CC1=C(N)Oc2n[nH]c(-c3ccccc3)c2[C@H]1c1cccc(OC2CCCC2)c1. The topological polar surface area (TPSA) is 97.0 Å². The van der Waals surface area contributed by atoms with Gasteiger partial charge < -0.3 is 15.2 Å². The average Bonchev–Trinajstić information content (AvgIpc) is 3.43. The lowest BCUT2D eigenvalue weighted by Gasteiger charge is -2.24. The Labute approximate surface area is 174 Å². The van der Waals surface area contributed by atoms with Crippen LogP contribution in [0.2, 0.25) is 0 Å². The van der Waals surface area contributed by atoms with Gasteiger partial charge in [0.15, 0.2) is 0 Å². The lowest BCUT2D eigenvalue weighted by atomic mass is 9.83. The standard InChI is InChI=1S/C24H22N4O2/c25-14-19-20(16-9-6-12-18(13-16)29-17-10-4-5-11-17)21-22(15-7-2-1-3-8-15)27-28-24(21)30-23(19)26/h1-3,6-9,12-13,17,20H,4-5,10-11,26H2,(H,27,28)/t20-/m0/s1. The molecule has 3 N–H and O–H groups in total. The zero-order valence-corrected chi connectivity index (χ0v) is 16.5. The lowest BCUT2D eigenvalue weighted by molar-refractivity contribution is 0.210. The van der Waals surface area contributed by atoms with E-state index in [1.54, 1.807) is 0 Å². The minimum Gasteiger partial charge on any atom is -0.490 e. The number of benzene rings is 2. The first-order chi connectivity index (χ1) is 14.7. The largest absolute Gasteiger partial charge is 0.490 e. The highest BCUT2D eigenvalue weighted by molar-refractivity contribution is 5.70. The third-order valence-corrected chi connectivity index (χ3v) is 5.80. The Morgan fingerprint density at radius 2 is 1.90 bits per heavy atom. The van der Waals surface area contributed by atoms with Crippen molar-refractivity contribution in [1.82, 2.24) is 10.2 Å². The van der Waals surface area contributed by atoms with Gasteiger partial charge in [0, 0.05) is 0 Å². The van der Waals surface area contributed by atoms with Crippen molar-refractivity contribution in [3.63, 3.8) is 0 Å². The second-order valence-electron chi connectivity index (χ2n) is 7.71. The third-order valence-electron chi connectivity index (χ3n) is 5.80. The maximum absolute atomic E-state index is 9.89. The molecule has 2 heterocycles. The summed E-state index contributed by atoms with van der Waals surface area (Å²) in [6.07, 6.45) is 4.85. The number of nitriles is 1. The van der Waals surface area contributed by atoms with Crippen molar-refractivity contribution in [3.8, 4) is 29.0 Å². The summed E-state index contributed by atoms with van der Waals surface area (Å²) in [4.78, 5) is 0. The van der Waals surface area contributed by atoms with Crippen LogP contribution in [0.15, 0.2) is 66.1 Å². The van der Waals surface area contributed by atoms with Gasteiger partial charge >= 0.3 is 0 Å². The molecule has 0 radical (unpaired) electrons. The van der Waals surface area contributed by atoms with E-state index in [2.05, 4.69) is 16.3 Å². The Kier molecular flexibility index (Phi) is 4.64. The van der Waals surface area contributed by atoms with Gasteiger partial charge in [-0.2, -0.15) is 5.26 Å². The molecule has 5 rings (SSSR count). The summed E-state index contributed by atoms with van der Waals surface area (Å²) < 4.78 is 11.9. The molecule has 30 heavy (non-hydrogen) atoms. The number of nitrogens with one attached hydrogen (secondary N) is 1. The normalized spacial score (nSPS) is 18.6. The Hall–Kier alpha value is -3.72.